The van der Waals surface area contributed by atoms with Crippen molar-refractivity contribution in [2.75, 3.05) is 0 Å². The molecule has 0 heterocycles. The number of rotatable bonds is 0. The maximum atomic E-state index is 8.58. The van der Waals surface area contributed by atoms with Crippen LogP contribution in [0.3, 0.4) is 0 Å². The van der Waals surface area contributed by atoms with Crippen molar-refractivity contribution in [3.05, 3.63) is 0 Å². The van der Waals surface area contributed by atoms with Crippen molar-refractivity contribution in [2.24, 2.45) is 0 Å². The van der Waals surface area contributed by atoms with Gasteiger partial charge in [0.15, 0.2) is 0 Å². The molecule has 0 aliphatic heterocycles. The van der Waals surface area contributed by atoms with Crippen molar-refractivity contribution in [1.82, 2.24) is 0 Å². The fraction of sp³-hybridized carbons (Fsp3) is 0. The summed E-state index contributed by atoms with van der Waals surface area (Å²) in [7, 11) is -6.17. The van der Waals surface area contributed by atoms with Gasteiger partial charge in [0.25, 0.3) is 0 Å². The Morgan fingerprint density at radius 1 is 0.421 bits per heavy atom. The van der Waals surface area contributed by atoms with E-state index in [2.05, 4.69) is 0 Å². The normalized spacial score (nSPS) is 9.16. The van der Waals surface area contributed by atoms with Gasteiger partial charge in [-0.2, -0.15) is 0 Å². The standard InChI is InChI=1S/6CN.Fe.6Na.3H/c6*1-2;;;;;;;;;;/q;;;;;;-3;;;;3*+1;;;. The first-order valence-corrected chi connectivity index (χ1v) is 5.71. The minimum absolute atomic E-state index is 0. The monoisotopic (exact) mass is 353 g/mol. The summed E-state index contributed by atoms with van der Waals surface area (Å²) in [6.45, 7) is 0. The summed E-state index contributed by atoms with van der Waals surface area (Å²) >= 11 is 0. The summed E-state index contributed by atoms with van der Waals surface area (Å²) in [6.07, 6.45) is 0. The molecule has 0 spiro atoms. The first-order chi connectivity index (χ1) is 5.97. The summed E-state index contributed by atoms with van der Waals surface area (Å²) in [5.41, 5.74) is 0. The third-order valence-corrected chi connectivity index (χ3v) is 4.89. The predicted octanol–water partition coefficient (Wildman–Crippen LogP) is -10.8. The Hall–Kier alpha value is 3.46. The van der Waals surface area contributed by atoms with E-state index < -0.39 is 10.7 Å². The minimum atomic E-state index is -6.17. The summed E-state index contributed by atoms with van der Waals surface area (Å²) in [5.74, 6) is 0. The van der Waals surface area contributed by atoms with E-state index in [0.29, 0.717) is 0 Å². The predicted molar refractivity (Wildman–Crippen MR) is 55.1 cm³/mol. The van der Waals surface area contributed by atoms with Crippen molar-refractivity contribution < 1.29 is 99.4 Å². The van der Waals surface area contributed by atoms with E-state index >= 15 is 0 Å². The first-order valence-electron chi connectivity index (χ1n) is 2.40. The fourth-order valence-corrected chi connectivity index (χ4v) is 1.09. The Morgan fingerprint density at radius 2 is 0.526 bits per heavy atom. The Balaban J connectivity index is -0.0000000480. The van der Waals surface area contributed by atoms with E-state index in [1.165, 1.54) is 0 Å². The Morgan fingerprint density at radius 3 is 0.526 bits per heavy atom. The molecule has 0 bridgehead atoms. The van der Waals surface area contributed by atoms with Crippen molar-refractivity contribution in [3.63, 3.8) is 0 Å². The van der Waals surface area contributed by atoms with Crippen LogP contribution < -0.4 is 88.7 Å². The van der Waals surface area contributed by atoms with Crippen molar-refractivity contribution in [2.45, 2.75) is 0 Å². The van der Waals surface area contributed by atoms with E-state index in [4.69, 9.17) is 31.6 Å². The molecule has 0 radical (unpaired) electrons. The van der Waals surface area contributed by atoms with Crippen LogP contribution in [0.5, 0.6) is 0 Å². The zero-order chi connectivity index (χ0) is 10.7. The molecule has 13 heteroatoms. The molecular weight excluding hydrogens is 350 g/mol. The maximum absolute atomic E-state index is 8.58. The topological polar surface area (TPSA) is 143 Å². The molecule has 0 fully saturated rings. The summed E-state index contributed by atoms with van der Waals surface area (Å²) in [5, 5.41) is 51.5. The van der Waals surface area contributed by atoms with Gasteiger partial charge in [-0.25, -0.2) is 0 Å². The molecule has 19 heavy (non-hydrogen) atoms. The molecule has 0 atom stereocenters. The molecule has 0 amide bonds. The Bertz CT molecular complexity index is 404. The molecule has 0 aromatic rings. The van der Waals surface area contributed by atoms with Gasteiger partial charge < -0.3 is 0 Å². The van der Waals surface area contributed by atoms with Crippen LogP contribution in [0.15, 0.2) is 0 Å². The number of hydrogen-bond acceptors (Lipinski definition) is 6. The van der Waals surface area contributed by atoms with Gasteiger partial charge in [-0.05, 0) is 0 Å². The van der Waals surface area contributed by atoms with Crippen LogP contribution in [0.1, 0.15) is 0 Å². The van der Waals surface area contributed by atoms with Crippen LogP contribution in [0.4, 0.5) is 0 Å². The molecule has 0 aliphatic carbocycles. The molecule has 6 nitrogen and oxygen atoms in total. The van der Waals surface area contributed by atoms with Gasteiger partial charge >= 0.3 is 249 Å². The molecule has 0 unspecified atom stereocenters. The second-order valence-corrected chi connectivity index (χ2v) is 7.42. The zero-order valence-corrected chi connectivity index (χ0v) is 16.1. The Kier molecular flexibility index (Phi) is 34.2. The average molecular weight is 353 g/mol. The van der Waals surface area contributed by atoms with Gasteiger partial charge in [0, 0.05) is 0 Å². The number of hydrogen-bond donors (Lipinski definition) is 0. The van der Waals surface area contributed by atoms with Gasteiger partial charge in [0.2, 0.25) is 0 Å². The molecule has 0 saturated carbocycles. The third-order valence-electron chi connectivity index (χ3n) is 1.19. The van der Waals surface area contributed by atoms with Crippen LogP contribution in [0, 0.1) is 61.4 Å². The Labute approximate surface area is 243 Å². The summed E-state index contributed by atoms with van der Waals surface area (Å²) in [6, 6.07) is 0. The fourth-order valence-electron chi connectivity index (χ4n) is 0.265. The molecule has 0 aliphatic rings. The van der Waals surface area contributed by atoms with E-state index in [-0.39, 0.29) is 177 Å². The molecule has 0 saturated heterocycles. The average Bonchev–Trinajstić information content (AvgIpc) is 2.26. The van der Waals surface area contributed by atoms with Crippen LogP contribution in [0.25, 0.3) is 0 Å². The van der Waals surface area contributed by atoms with E-state index in [0.717, 1.165) is 29.8 Å². The third kappa shape index (κ3) is 7.26. The van der Waals surface area contributed by atoms with E-state index in [1.807, 2.05) is 0 Å². The second kappa shape index (κ2) is 15.0. The van der Waals surface area contributed by atoms with Crippen LogP contribution in [-0.4, -0.2) is 88.7 Å². The van der Waals surface area contributed by atoms with Gasteiger partial charge in [-0.3, -0.25) is 0 Å². The van der Waals surface area contributed by atoms with Gasteiger partial charge in [0.1, 0.15) is 0 Å². The number of nitriles is 6. The SMILES string of the molecule is N#[C][Fe-3]([C]#N)([C]#N)([C]#N)([C]#N)[C]#N.[Na+].[Na+].[Na+].[NaH].[NaH].[NaH]. The molecule has 0 rings (SSSR count). The molecule has 71 valence electrons. The zero-order valence-electron chi connectivity index (χ0n) is 9.04. The molecule has 0 aromatic heterocycles. The molecule has 0 N–H and O–H groups in total. The molecular formula is C6H3FeN6Na6. The molecule has 0 aromatic carbocycles. The van der Waals surface area contributed by atoms with Gasteiger partial charge in [0.05, 0.1) is 0 Å². The van der Waals surface area contributed by atoms with Gasteiger partial charge in [-0.1, -0.05) is 0 Å². The van der Waals surface area contributed by atoms with Crippen LogP contribution in [-0.2, 0) is 10.7 Å². The summed E-state index contributed by atoms with van der Waals surface area (Å²) in [4.78, 5) is 6.19. The van der Waals surface area contributed by atoms with Crippen LogP contribution >= 0.6 is 0 Å². The van der Waals surface area contributed by atoms with Gasteiger partial charge in [-0.15, -0.1) is 0 Å². The van der Waals surface area contributed by atoms with Crippen molar-refractivity contribution >= 4 is 88.7 Å². The van der Waals surface area contributed by atoms with Crippen LogP contribution in [0.2, 0.25) is 0 Å². The quantitative estimate of drug-likeness (QED) is 0.396. The van der Waals surface area contributed by atoms with Crippen molar-refractivity contribution in [3.8, 4) is 29.8 Å². The van der Waals surface area contributed by atoms with E-state index in [9.17, 15) is 0 Å². The van der Waals surface area contributed by atoms with E-state index in [1.54, 1.807) is 0 Å². The second-order valence-electron chi connectivity index (χ2n) is 1.80. The van der Waals surface area contributed by atoms with Crippen molar-refractivity contribution in [1.29, 1.82) is 31.6 Å². The summed E-state index contributed by atoms with van der Waals surface area (Å²) < 4.78 is 0. The number of nitrogens with zero attached hydrogens (tertiary/aromatic N) is 6. The first kappa shape index (κ1) is 43.3.